The smallest absolute Gasteiger partial charge is 0.409 e. The van der Waals surface area contributed by atoms with Gasteiger partial charge in [0.05, 0.1) is 5.92 Å². The SMILES string of the molecule is COC(OC)(OC(c1ccccc1)(c1ccccc1)c1ccccc1)[C@H]1CN(C(=O)OCC2c3ccccc3-c3ccccc32)C[C@@H]1C=O. The lowest BCUT2D eigenvalue weighted by molar-refractivity contribution is -0.412. The first-order valence-corrected chi connectivity index (χ1v) is 16.6. The number of amides is 1. The molecular formula is C42H39NO6. The molecule has 0 saturated carbocycles. The van der Waals surface area contributed by atoms with Gasteiger partial charge in [-0.15, -0.1) is 0 Å². The van der Waals surface area contributed by atoms with Gasteiger partial charge < -0.3 is 28.6 Å². The van der Waals surface area contributed by atoms with Crippen molar-refractivity contribution < 1.29 is 28.5 Å². The monoisotopic (exact) mass is 653 g/mol. The number of hydrogen-bond donors (Lipinski definition) is 0. The van der Waals surface area contributed by atoms with Crippen LogP contribution < -0.4 is 0 Å². The molecule has 7 heteroatoms. The summed E-state index contributed by atoms with van der Waals surface area (Å²) >= 11 is 0. The third kappa shape index (κ3) is 5.74. The van der Waals surface area contributed by atoms with E-state index in [1.807, 2.05) is 115 Å². The van der Waals surface area contributed by atoms with Crippen LogP contribution in [0.25, 0.3) is 11.1 Å². The number of carbonyl (C=O) groups is 2. The second-order valence-corrected chi connectivity index (χ2v) is 12.5. The number of methoxy groups -OCH3 is 2. The zero-order valence-electron chi connectivity index (χ0n) is 27.6. The Morgan fingerprint density at radius 2 is 1.12 bits per heavy atom. The van der Waals surface area contributed by atoms with Crippen LogP contribution in [0, 0.1) is 11.8 Å². The van der Waals surface area contributed by atoms with Gasteiger partial charge in [-0.2, -0.15) is 0 Å². The lowest BCUT2D eigenvalue weighted by Crippen LogP contribution is -2.54. The molecule has 1 aliphatic heterocycles. The molecular weight excluding hydrogens is 614 g/mol. The topological polar surface area (TPSA) is 74.3 Å². The highest BCUT2D eigenvalue weighted by molar-refractivity contribution is 5.79. The number of likely N-dealkylation sites (tertiary alicyclic amines) is 1. The Bertz CT molecular complexity index is 1750. The lowest BCUT2D eigenvalue weighted by Gasteiger charge is -2.46. The molecule has 0 unspecified atom stereocenters. The van der Waals surface area contributed by atoms with E-state index in [9.17, 15) is 9.59 Å². The zero-order valence-corrected chi connectivity index (χ0v) is 27.6. The Morgan fingerprint density at radius 3 is 1.57 bits per heavy atom. The molecule has 1 saturated heterocycles. The van der Waals surface area contributed by atoms with E-state index in [2.05, 4.69) is 24.3 Å². The summed E-state index contributed by atoms with van der Waals surface area (Å²) < 4.78 is 25.6. The van der Waals surface area contributed by atoms with Crippen molar-refractivity contribution in [2.45, 2.75) is 17.5 Å². The Morgan fingerprint density at radius 1 is 0.673 bits per heavy atom. The number of benzene rings is 5. The minimum Gasteiger partial charge on any atom is -0.448 e. The van der Waals surface area contributed by atoms with Gasteiger partial charge in [0.25, 0.3) is 5.97 Å². The maximum Gasteiger partial charge on any atom is 0.409 e. The number of aldehydes is 1. The minimum absolute atomic E-state index is 0.0831. The van der Waals surface area contributed by atoms with E-state index in [1.54, 1.807) is 4.90 Å². The van der Waals surface area contributed by atoms with Gasteiger partial charge in [0.2, 0.25) is 0 Å². The Labute approximate surface area is 287 Å². The van der Waals surface area contributed by atoms with Crippen LogP contribution in [0.2, 0.25) is 0 Å². The van der Waals surface area contributed by atoms with Crippen LogP contribution in [0.15, 0.2) is 140 Å². The number of hydrogen-bond acceptors (Lipinski definition) is 6. The molecule has 2 atom stereocenters. The van der Waals surface area contributed by atoms with Crippen LogP contribution in [-0.4, -0.2) is 57.2 Å². The average molecular weight is 654 g/mol. The Kier molecular flexibility index (Phi) is 9.15. The molecule has 49 heavy (non-hydrogen) atoms. The van der Waals surface area contributed by atoms with Gasteiger partial charge in [0.1, 0.15) is 18.5 Å². The van der Waals surface area contributed by atoms with Crippen molar-refractivity contribution in [3.8, 4) is 11.1 Å². The predicted molar refractivity (Wildman–Crippen MR) is 187 cm³/mol. The van der Waals surface area contributed by atoms with Crippen LogP contribution in [0.1, 0.15) is 33.7 Å². The summed E-state index contributed by atoms with van der Waals surface area (Å²) in [4.78, 5) is 28.0. The molecule has 0 aromatic heterocycles. The molecule has 1 aliphatic carbocycles. The first-order valence-electron chi connectivity index (χ1n) is 16.6. The summed E-state index contributed by atoms with van der Waals surface area (Å²) in [5.74, 6) is -3.16. The first-order chi connectivity index (χ1) is 24.0. The zero-order chi connectivity index (χ0) is 33.8. The minimum atomic E-state index is -1.74. The molecule has 1 fully saturated rings. The number of rotatable bonds is 11. The van der Waals surface area contributed by atoms with E-state index in [0.717, 1.165) is 45.2 Å². The van der Waals surface area contributed by atoms with E-state index >= 15 is 0 Å². The molecule has 5 aromatic rings. The number of carbonyl (C=O) groups excluding carboxylic acids is 2. The van der Waals surface area contributed by atoms with Crippen molar-refractivity contribution in [1.82, 2.24) is 4.90 Å². The molecule has 0 spiro atoms. The molecule has 248 valence electrons. The number of ether oxygens (including phenoxy) is 4. The maximum absolute atomic E-state index is 13.8. The fraction of sp³-hybridized carbons (Fsp3) is 0.238. The predicted octanol–water partition coefficient (Wildman–Crippen LogP) is 7.64. The highest BCUT2D eigenvalue weighted by Crippen LogP contribution is 2.48. The fourth-order valence-corrected chi connectivity index (χ4v) is 7.63. The van der Waals surface area contributed by atoms with Crippen molar-refractivity contribution in [3.05, 3.63) is 167 Å². The van der Waals surface area contributed by atoms with Gasteiger partial charge in [0.15, 0.2) is 0 Å². The fourth-order valence-electron chi connectivity index (χ4n) is 7.63. The summed E-state index contributed by atoms with van der Waals surface area (Å²) in [7, 11) is 3.01. The second kappa shape index (κ2) is 13.8. The van der Waals surface area contributed by atoms with E-state index in [-0.39, 0.29) is 25.6 Å². The largest absolute Gasteiger partial charge is 0.448 e. The third-order valence-corrected chi connectivity index (χ3v) is 9.99. The molecule has 0 bridgehead atoms. The van der Waals surface area contributed by atoms with Gasteiger partial charge in [-0.1, -0.05) is 140 Å². The van der Waals surface area contributed by atoms with Crippen molar-refractivity contribution in [3.63, 3.8) is 0 Å². The standard InChI is InChI=1S/C42H39NO6/c1-46-42(47-2,49-41(31-16-6-3-7-17-31,32-18-8-4-9-19-32)33-20-10-5-11-21-33)39-27-43(26-30(39)28-44)40(45)48-29-38-36-24-14-12-22-34(36)35-23-13-15-25-37(35)38/h3-25,28,30,38-39H,26-27,29H2,1-2H3/t30-,39+/m1/s1. The normalized spacial score (nSPS) is 17.4. The Balaban J connectivity index is 1.20. The van der Waals surface area contributed by atoms with Crippen LogP contribution in [0.3, 0.4) is 0 Å². The highest BCUT2D eigenvalue weighted by Gasteiger charge is 2.56. The molecule has 0 N–H and O–H groups in total. The van der Waals surface area contributed by atoms with Crippen LogP contribution in [0.5, 0.6) is 0 Å². The van der Waals surface area contributed by atoms with Gasteiger partial charge in [0, 0.05) is 39.1 Å². The van der Waals surface area contributed by atoms with Gasteiger partial charge in [-0.3, -0.25) is 0 Å². The van der Waals surface area contributed by atoms with E-state index in [4.69, 9.17) is 18.9 Å². The Hall–Kier alpha value is -5.08. The summed E-state index contributed by atoms with van der Waals surface area (Å²) in [6, 6.07) is 46.1. The van der Waals surface area contributed by atoms with Crippen molar-refractivity contribution in [1.29, 1.82) is 0 Å². The molecule has 5 aromatic carbocycles. The van der Waals surface area contributed by atoms with Gasteiger partial charge >= 0.3 is 6.09 Å². The molecule has 7 rings (SSSR count). The molecule has 0 radical (unpaired) electrons. The highest BCUT2D eigenvalue weighted by atomic mass is 16.9. The average Bonchev–Trinajstić information content (AvgIpc) is 3.76. The quantitative estimate of drug-likeness (QED) is 0.0829. The summed E-state index contributed by atoms with van der Waals surface area (Å²) in [5.41, 5.74) is 5.91. The summed E-state index contributed by atoms with van der Waals surface area (Å²) in [6.45, 7) is 0.434. The van der Waals surface area contributed by atoms with Gasteiger partial charge in [-0.05, 0) is 38.9 Å². The van der Waals surface area contributed by atoms with E-state index < -0.39 is 29.5 Å². The van der Waals surface area contributed by atoms with Gasteiger partial charge in [-0.25, -0.2) is 4.79 Å². The van der Waals surface area contributed by atoms with Crippen LogP contribution in [-0.2, 0) is 29.3 Å². The molecule has 7 nitrogen and oxygen atoms in total. The van der Waals surface area contributed by atoms with Crippen LogP contribution in [0.4, 0.5) is 4.79 Å². The maximum atomic E-state index is 13.8. The lowest BCUT2D eigenvalue weighted by atomic mass is 9.79. The third-order valence-electron chi connectivity index (χ3n) is 9.99. The number of nitrogens with zero attached hydrogens (tertiary/aromatic N) is 1. The first kappa shape index (κ1) is 32.5. The molecule has 1 heterocycles. The van der Waals surface area contributed by atoms with Crippen molar-refractivity contribution in [2.24, 2.45) is 11.8 Å². The van der Waals surface area contributed by atoms with Crippen LogP contribution >= 0.6 is 0 Å². The van der Waals surface area contributed by atoms with Crippen molar-refractivity contribution >= 4 is 12.4 Å². The number of fused-ring (bicyclic) bond motifs is 3. The molecule has 2 aliphatic rings. The van der Waals surface area contributed by atoms with Crippen molar-refractivity contribution in [2.75, 3.05) is 33.9 Å². The second-order valence-electron chi connectivity index (χ2n) is 12.5. The van der Waals surface area contributed by atoms with E-state index in [1.165, 1.54) is 14.2 Å². The summed E-state index contributed by atoms with van der Waals surface area (Å²) in [5, 5.41) is 0. The van der Waals surface area contributed by atoms with E-state index in [0.29, 0.717) is 0 Å². The summed E-state index contributed by atoms with van der Waals surface area (Å²) in [6.07, 6.45) is 0.352. The molecule has 1 amide bonds.